The molecule has 1 aromatic rings. The summed E-state index contributed by atoms with van der Waals surface area (Å²) in [6.07, 6.45) is 0. The molecule has 0 spiro atoms. The molecule has 0 N–H and O–H groups in total. The van der Waals surface area contributed by atoms with E-state index in [-0.39, 0.29) is 5.04 Å². The van der Waals surface area contributed by atoms with Crippen LogP contribution in [-0.2, 0) is 11.0 Å². The summed E-state index contributed by atoms with van der Waals surface area (Å²) in [5.74, 6) is 0.775. The molecule has 5 heteroatoms. The minimum absolute atomic E-state index is 0.201. The van der Waals surface area contributed by atoms with Crippen molar-refractivity contribution < 1.29 is 9.16 Å². The monoisotopic (exact) mass is 331 g/mol. The predicted molar refractivity (Wildman–Crippen MR) is 80.5 cm³/mol. The normalized spacial score (nSPS) is 12.6. The number of ether oxygens (including phenoxy) is 1. The van der Waals surface area contributed by atoms with Crippen LogP contribution in [0.2, 0.25) is 18.1 Å². The van der Waals surface area contributed by atoms with E-state index in [4.69, 9.17) is 9.16 Å². The minimum atomic E-state index is -1.75. The van der Waals surface area contributed by atoms with E-state index < -0.39 is 8.32 Å². The zero-order chi connectivity index (χ0) is 14.0. The Balaban J connectivity index is 2.83. The number of rotatable bonds is 4. The molecule has 3 nitrogen and oxygen atoms in total. The number of pyridine rings is 1. The van der Waals surface area contributed by atoms with E-state index >= 15 is 0 Å². The molecule has 0 aromatic carbocycles. The van der Waals surface area contributed by atoms with Crippen molar-refractivity contribution in [3.63, 3.8) is 0 Å². The van der Waals surface area contributed by atoms with Crippen LogP contribution in [0, 0.1) is 0 Å². The molecule has 1 aromatic heterocycles. The Morgan fingerprint density at radius 3 is 2.39 bits per heavy atom. The number of hydrogen-bond acceptors (Lipinski definition) is 3. The highest BCUT2D eigenvalue weighted by Crippen LogP contribution is 2.37. The number of aromatic nitrogens is 1. The number of methoxy groups -OCH3 is 1. The Morgan fingerprint density at radius 1 is 1.28 bits per heavy atom. The van der Waals surface area contributed by atoms with Crippen molar-refractivity contribution in [3.05, 3.63) is 22.4 Å². The molecule has 1 rings (SSSR count). The Morgan fingerprint density at radius 2 is 1.89 bits per heavy atom. The summed E-state index contributed by atoms with van der Waals surface area (Å²) >= 11 is 3.37. The van der Waals surface area contributed by atoms with Gasteiger partial charge >= 0.3 is 0 Å². The predicted octanol–water partition coefficient (Wildman–Crippen LogP) is 4.37. The molecule has 18 heavy (non-hydrogen) atoms. The molecule has 0 bridgehead atoms. The van der Waals surface area contributed by atoms with Gasteiger partial charge in [0, 0.05) is 0 Å². The summed E-state index contributed by atoms with van der Waals surface area (Å²) in [5, 5.41) is 0.201. The van der Waals surface area contributed by atoms with Gasteiger partial charge in [0.05, 0.1) is 13.7 Å². The zero-order valence-electron chi connectivity index (χ0n) is 12.0. The first-order chi connectivity index (χ1) is 8.17. The second-order valence-corrected chi connectivity index (χ2v) is 11.5. The number of nitrogens with zero attached hydrogens (tertiary/aromatic N) is 1. The van der Waals surface area contributed by atoms with E-state index in [9.17, 15) is 0 Å². The average molecular weight is 332 g/mol. The topological polar surface area (TPSA) is 31.4 Å². The van der Waals surface area contributed by atoms with Gasteiger partial charge in [-0.1, -0.05) is 20.8 Å². The van der Waals surface area contributed by atoms with Gasteiger partial charge in [-0.2, -0.15) is 0 Å². The van der Waals surface area contributed by atoms with Crippen LogP contribution in [0.3, 0.4) is 0 Å². The van der Waals surface area contributed by atoms with Crippen molar-refractivity contribution in [1.29, 1.82) is 0 Å². The zero-order valence-corrected chi connectivity index (χ0v) is 14.6. The van der Waals surface area contributed by atoms with Crippen LogP contribution in [0.1, 0.15) is 26.5 Å². The molecular formula is C13H22BrNO2Si. The third-order valence-corrected chi connectivity index (χ3v) is 8.41. The first-order valence-electron chi connectivity index (χ1n) is 6.01. The molecule has 1 heterocycles. The maximum absolute atomic E-state index is 6.15. The van der Waals surface area contributed by atoms with E-state index in [0.717, 1.165) is 16.0 Å². The minimum Gasteiger partial charge on any atom is -0.495 e. The lowest BCUT2D eigenvalue weighted by molar-refractivity contribution is 0.264. The van der Waals surface area contributed by atoms with Crippen LogP contribution in [0.4, 0.5) is 0 Å². The highest BCUT2D eigenvalue weighted by Gasteiger charge is 2.37. The third kappa shape index (κ3) is 3.80. The summed E-state index contributed by atoms with van der Waals surface area (Å²) in [6, 6.07) is 3.77. The molecule has 0 saturated carbocycles. The van der Waals surface area contributed by atoms with Gasteiger partial charge in [-0.3, -0.25) is 0 Å². The SMILES string of the molecule is COc1ccc(Br)nc1CO[Si](C)(C)C(C)(C)C. The van der Waals surface area contributed by atoms with Gasteiger partial charge < -0.3 is 9.16 Å². The molecule has 0 unspecified atom stereocenters. The third-order valence-electron chi connectivity index (χ3n) is 3.49. The van der Waals surface area contributed by atoms with Crippen LogP contribution in [0.5, 0.6) is 5.75 Å². The van der Waals surface area contributed by atoms with Gasteiger partial charge in [0.15, 0.2) is 8.32 Å². The summed E-state index contributed by atoms with van der Waals surface area (Å²) in [4.78, 5) is 4.42. The Labute approximate surface area is 119 Å². The maximum Gasteiger partial charge on any atom is 0.192 e. The summed E-state index contributed by atoms with van der Waals surface area (Å²) in [7, 11) is -0.0981. The van der Waals surface area contributed by atoms with Crippen LogP contribution in [0.15, 0.2) is 16.7 Å². The van der Waals surface area contributed by atoms with E-state index in [1.807, 2.05) is 12.1 Å². The average Bonchev–Trinajstić information content (AvgIpc) is 2.25. The molecular weight excluding hydrogens is 310 g/mol. The lowest BCUT2D eigenvalue weighted by Crippen LogP contribution is -2.40. The van der Waals surface area contributed by atoms with Gasteiger partial charge in [-0.25, -0.2) is 4.98 Å². The number of hydrogen-bond donors (Lipinski definition) is 0. The highest BCUT2D eigenvalue weighted by molar-refractivity contribution is 9.10. The van der Waals surface area contributed by atoms with Crippen LogP contribution in [-0.4, -0.2) is 20.4 Å². The van der Waals surface area contributed by atoms with E-state index in [0.29, 0.717) is 6.61 Å². The Kier molecular flexibility index (Phi) is 4.97. The largest absolute Gasteiger partial charge is 0.495 e. The van der Waals surface area contributed by atoms with Crippen LogP contribution in [0.25, 0.3) is 0 Å². The highest BCUT2D eigenvalue weighted by atomic mass is 79.9. The number of halogens is 1. The summed E-state index contributed by atoms with van der Waals surface area (Å²) in [5.41, 5.74) is 0.844. The van der Waals surface area contributed by atoms with E-state index in [1.165, 1.54) is 0 Å². The van der Waals surface area contributed by atoms with Crippen molar-refractivity contribution in [2.75, 3.05) is 7.11 Å². The maximum atomic E-state index is 6.15. The lowest BCUT2D eigenvalue weighted by atomic mass is 10.2. The van der Waals surface area contributed by atoms with E-state index in [2.05, 4.69) is 54.8 Å². The fourth-order valence-electron chi connectivity index (χ4n) is 1.22. The fraction of sp³-hybridized carbons (Fsp3) is 0.615. The van der Waals surface area contributed by atoms with Gasteiger partial charge in [0.1, 0.15) is 16.0 Å². The molecule has 0 aliphatic carbocycles. The Hall–Kier alpha value is -0.393. The summed E-state index contributed by atoms with van der Waals surface area (Å²) < 4.78 is 12.3. The second kappa shape index (κ2) is 5.71. The van der Waals surface area contributed by atoms with E-state index in [1.54, 1.807) is 7.11 Å². The lowest BCUT2D eigenvalue weighted by Gasteiger charge is -2.36. The molecule has 102 valence electrons. The van der Waals surface area contributed by atoms with Gasteiger partial charge in [-0.05, 0) is 46.2 Å². The fourth-order valence-corrected chi connectivity index (χ4v) is 2.49. The van der Waals surface area contributed by atoms with Crippen molar-refractivity contribution >= 4 is 24.2 Å². The van der Waals surface area contributed by atoms with Gasteiger partial charge in [0.25, 0.3) is 0 Å². The first-order valence-corrected chi connectivity index (χ1v) is 9.71. The van der Waals surface area contributed by atoms with Gasteiger partial charge in [0.2, 0.25) is 0 Å². The first kappa shape index (κ1) is 15.7. The standard InChI is InChI=1S/C13H22BrNO2Si/c1-13(2,3)18(5,6)17-9-10-11(16-4)7-8-12(14)15-10/h7-8H,9H2,1-6H3. The van der Waals surface area contributed by atoms with Gasteiger partial charge in [-0.15, -0.1) is 0 Å². The smallest absolute Gasteiger partial charge is 0.192 e. The molecule has 0 amide bonds. The van der Waals surface area contributed by atoms with Crippen LogP contribution >= 0.6 is 15.9 Å². The van der Waals surface area contributed by atoms with Crippen molar-refractivity contribution in [1.82, 2.24) is 4.98 Å². The summed E-state index contributed by atoms with van der Waals surface area (Å²) in [6.45, 7) is 11.6. The van der Waals surface area contributed by atoms with Crippen molar-refractivity contribution in [3.8, 4) is 5.75 Å². The molecule has 0 aliphatic heterocycles. The quantitative estimate of drug-likeness (QED) is 0.606. The molecule has 0 radical (unpaired) electrons. The molecule has 0 fully saturated rings. The second-order valence-electron chi connectivity index (χ2n) is 5.83. The Bertz CT molecular complexity index is 416. The van der Waals surface area contributed by atoms with Crippen molar-refractivity contribution in [2.45, 2.75) is 45.5 Å². The van der Waals surface area contributed by atoms with Crippen LogP contribution < -0.4 is 4.74 Å². The van der Waals surface area contributed by atoms with Crippen molar-refractivity contribution in [2.24, 2.45) is 0 Å². The molecule has 0 saturated heterocycles. The molecule has 0 aliphatic rings. The molecule has 0 atom stereocenters.